The van der Waals surface area contributed by atoms with Gasteiger partial charge in [0.15, 0.2) is 0 Å². The van der Waals surface area contributed by atoms with E-state index in [-0.39, 0.29) is 17.4 Å². The highest BCUT2D eigenvalue weighted by atomic mass is 16.5. The second-order valence-corrected chi connectivity index (χ2v) is 4.63. The van der Waals surface area contributed by atoms with E-state index in [9.17, 15) is 9.59 Å². The van der Waals surface area contributed by atoms with Gasteiger partial charge in [0, 0.05) is 13.2 Å². The van der Waals surface area contributed by atoms with Gasteiger partial charge in [0.25, 0.3) is 0 Å². The van der Waals surface area contributed by atoms with E-state index >= 15 is 0 Å². The Bertz CT molecular complexity index is 449. The van der Waals surface area contributed by atoms with E-state index in [1.165, 1.54) is 12.1 Å². The van der Waals surface area contributed by atoms with Crippen molar-refractivity contribution in [2.45, 2.75) is 19.4 Å². The summed E-state index contributed by atoms with van der Waals surface area (Å²) in [4.78, 5) is 22.6. The number of carboxylic acids is 1. The molecule has 2 N–H and O–H groups in total. The van der Waals surface area contributed by atoms with Crippen molar-refractivity contribution in [3.8, 4) is 0 Å². The summed E-state index contributed by atoms with van der Waals surface area (Å²) in [5.74, 6) is -1.01. The largest absolute Gasteiger partial charge is 0.478 e. The standard InChI is InChI=1S/C14H17NO4/c16-13(12-2-1-7-19-9-12)15-8-10-3-5-11(6-4-10)14(17)18/h3-6,12H,1-2,7-9H2,(H,15,16)(H,17,18)/t12-/m0/s1. The number of benzene rings is 1. The molecule has 0 unspecified atom stereocenters. The molecule has 5 heteroatoms. The normalized spacial score (nSPS) is 18.8. The minimum atomic E-state index is -0.949. The number of aromatic carboxylic acids is 1. The highest BCUT2D eigenvalue weighted by molar-refractivity contribution is 5.87. The van der Waals surface area contributed by atoms with Gasteiger partial charge < -0.3 is 15.2 Å². The van der Waals surface area contributed by atoms with Gasteiger partial charge >= 0.3 is 5.97 Å². The molecular formula is C14H17NO4. The number of rotatable bonds is 4. The maximum Gasteiger partial charge on any atom is 0.335 e. The van der Waals surface area contributed by atoms with Crippen LogP contribution in [0.15, 0.2) is 24.3 Å². The molecule has 1 aromatic carbocycles. The highest BCUT2D eigenvalue weighted by Gasteiger charge is 2.21. The number of nitrogens with one attached hydrogen (secondary N) is 1. The van der Waals surface area contributed by atoms with Crippen molar-refractivity contribution >= 4 is 11.9 Å². The van der Waals surface area contributed by atoms with E-state index in [0.29, 0.717) is 13.2 Å². The fourth-order valence-corrected chi connectivity index (χ4v) is 2.05. The Hall–Kier alpha value is -1.88. The Morgan fingerprint density at radius 1 is 1.32 bits per heavy atom. The molecule has 1 aliphatic heterocycles. The van der Waals surface area contributed by atoms with Crippen molar-refractivity contribution < 1.29 is 19.4 Å². The van der Waals surface area contributed by atoms with Crippen LogP contribution in [0.4, 0.5) is 0 Å². The van der Waals surface area contributed by atoms with Gasteiger partial charge in [-0.3, -0.25) is 4.79 Å². The molecule has 1 atom stereocenters. The summed E-state index contributed by atoms with van der Waals surface area (Å²) in [5, 5.41) is 11.6. The van der Waals surface area contributed by atoms with Gasteiger partial charge in [-0.2, -0.15) is 0 Å². The van der Waals surface area contributed by atoms with Crippen LogP contribution in [-0.2, 0) is 16.1 Å². The van der Waals surface area contributed by atoms with Crippen LogP contribution in [0.25, 0.3) is 0 Å². The van der Waals surface area contributed by atoms with E-state index in [1.807, 2.05) is 0 Å². The average molecular weight is 263 g/mol. The topological polar surface area (TPSA) is 75.6 Å². The predicted octanol–water partition coefficient (Wildman–Crippen LogP) is 1.43. The number of amides is 1. The molecule has 1 aliphatic rings. The molecule has 0 aromatic heterocycles. The highest BCUT2D eigenvalue weighted by Crippen LogP contribution is 2.13. The van der Waals surface area contributed by atoms with Crippen LogP contribution < -0.4 is 5.32 Å². The minimum Gasteiger partial charge on any atom is -0.478 e. The summed E-state index contributed by atoms with van der Waals surface area (Å²) >= 11 is 0. The van der Waals surface area contributed by atoms with Crippen molar-refractivity contribution in [3.63, 3.8) is 0 Å². The molecule has 0 bridgehead atoms. The first kappa shape index (κ1) is 13.5. The zero-order chi connectivity index (χ0) is 13.7. The summed E-state index contributed by atoms with van der Waals surface area (Å²) < 4.78 is 5.27. The first-order chi connectivity index (χ1) is 9.16. The van der Waals surface area contributed by atoms with Crippen LogP contribution in [-0.4, -0.2) is 30.2 Å². The lowest BCUT2D eigenvalue weighted by Crippen LogP contribution is -2.35. The smallest absolute Gasteiger partial charge is 0.335 e. The van der Waals surface area contributed by atoms with Crippen molar-refractivity contribution in [2.24, 2.45) is 5.92 Å². The first-order valence-corrected chi connectivity index (χ1v) is 6.34. The monoisotopic (exact) mass is 263 g/mol. The molecule has 19 heavy (non-hydrogen) atoms. The van der Waals surface area contributed by atoms with Gasteiger partial charge in [-0.1, -0.05) is 12.1 Å². The van der Waals surface area contributed by atoms with Crippen molar-refractivity contribution in [1.82, 2.24) is 5.32 Å². The Morgan fingerprint density at radius 3 is 2.63 bits per heavy atom. The number of carbonyl (C=O) groups is 2. The molecule has 0 spiro atoms. The number of hydrogen-bond acceptors (Lipinski definition) is 3. The van der Waals surface area contributed by atoms with Crippen LogP contribution in [0, 0.1) is 5.92 Å². The fraction of sp³-hybridized carbons (Fsp3) is 0.429. The molecule has 1 aromatic rings. The van der Waals surface area contributed by atoms with E-state index in [0.717, 1.165) is 25.0 Å². The van der Waals surface area contributed by atoms with Crippen LogP contribution in [0.2, 0.25) is 0 Å². The Labute approximate surface area is 111 Å². The molecule has 1 heterocycles. The van der Waals surface area contributed by atoms with Crippen molar-refractivity contribution in [3.05, 3.63) is 35.4 Å². The average Bonchev–Trinajstić information content (AvgIpc) is 2.46. The van der Waals surface area contributed by atoms with Crippen LogP contribution >= 0.6 is 0 Å². The fourth-order valence-electron chi connectivity index (χ4n) is 2.05. The van der Waals surface area contributed by atoms with Gasteiger partial charge in [-0.15, -0.1) is 0 Å². The van der Waals surface area contributed by atoms with Crippen LogP contribution in [0.3, 0.4) is 0 Å². The lowest BCUT2D eigenvalue weighted by Gasteiger charge is -2.21. The number of ether oxygens (including phenoxy) is 1. The van der Waals surface area contributed by atoms with E-state index < -0.39 is 5.97 Å². The second-order valence-electron chi connectivity index (χ2n) is 4.63. The summed E-state index contributed by atoms with van der Waals surface area (Å²) in [6, 6.07) is 6.49. The Kier molecular flexibility index (Phi) is 4.52. The third-order valence-corrected chi connectivity index (χ3v) is 3.20. The molecule has 102 valence electrons. The lowest BCUT2D eigenvalue weighted by atomic mass is 10.0. The number of carbonyl (C=O) groups excluding carboxylic acids is 1. The van der Waals surface area contributed by atoms with E-state index in [4.69, 9.17) is 9.84 Å². The van der Waals surface area contributed by atoms with Gasteiger partial charge in [0.05, 0.1) is 18.1 Å². The third kappa shape index (κ3) is 3.79. The van der Waals surface area contributed by atoms with Crippen LogP contribution in [0.5, 0.6) is 0 Å². The predicted molar refractivity (Wildman–Crippen MR) is 68.8 cm³/mol. The Balaban J connectivity index is 1.84. The summed E-state index contributed by atoms with van der Waals surface area (Å²) in [6.07, 6.45) is 1.79. The van der Waals surface area contributed by atoms with E-state index in [1.54, 1.807) is 12.1 Å². The van der Waals surface area contributed by atoms with E-state index in [2.05, 4.69) is 5.32 Å². The number of carboxylic acid groups (broad SMARTS) is 1. The zero-order valence-electron chi connectivity index (χ0n) is 10.6. The second kappa shape index (κ2) is 6.33. The maximum absolute atomic E-state index is 11.9. The number of hydrogen-bond donors (Lipinski definition) is 2. The first-order valence-electron chi connectivity index (χ1n) is 6.34. The van der Waals surface area contributed by atoms with Crippen molar-refractivity contribution in [2.75, 3.05) is 13.2 Å². The van der Waals surface area contributed by atoms with Gasteiger partial charge in [0.2, 0.25) is 5.91 Å². The van der Waals surface area contributed by atoms with Gasteiger partial charge in [0.1, 0.15) is 0 Å². The maximum atomic E-state index is 11.9. The van der Waals surface area contributed by atoms with Crippen molar-refractivity contribution in [1.29, 1.82) is 0 Å². The zero-order valence-corrected chi connectivity index (χ0v) is 10.6. The minimum absolute atomic E-state index is 0.00186. The molecule has 0 saturated carbocycles. The SMILES string of the molecule is O=C(O)c1ccc(CNC(=O)[C@H]2CCCOC2)cc1. The molecule has 2 rings (SSSR count). The molecule has 1 amide bonds. The summed E-state index contributed by atoms with van der Waals surface area (Å²) in [6.45, 7) is 1.64. The summed E-state index contributed by atoms with van der Waals surface area (Å²) in [7, 11) is 0. The lowest BCUT2D eigenvalue weighted by molar-refractivity contribution is -0.129. The molecule has 5 nitrogen and oxygen atoms in total. The Morgan fingerprint density at radius 2 is 2.05 bits per heavy atom. The molecule has 0 radical (unpaired) electrons. The van der Waals surface area contributed by atoms with Crippen LogP contribution in [0.1, 0.15) is 28.8 Å². The molecular weight excluding hydrogens is 246 g/mol. The quantitative estimate of drug-likeness (QED) is 0.861. The van der Waals surface area contributed by atoms with Gasteiger partial charge in [-0.05, 0) is 30.5 Å². The molecule has 0 aliphatic carbocycles. The molecule has 1 saturated heterocycles. The van der Waals surface area contributed by atoms with Gasteiger partial charge in [-0.25, -0.2) is 4.79 Å². The summed E-state index contributed by atoms with van der Waals surface area (Å²) in [5.41, 5.74) is 1.13. The molecule has 1 fully saturated rings. The third-order valence-electron chi connectivity index (χ3n) is 3.20.